The van der Waals surface area contributed by atoms with Crippen LogP contribution in [-0.2, 0) is 13.6 Å². The van der Waals surface area contributed by atoms with Crippen LogP contribution in [0.4, 0.5) is 0 Å². The van der Waals surface area contributed by atoms with E-state index in [2.05, 4.69) is 16.8 Å². The Hall–Kier alpha value is -2.10. The number of hydrogen-bond acceptors (Lipinski definition) is 4. The van der Waals surface area contributed by atoms with Crippen LogP contribution in [0.3, 0.4) is 0 Å². The van der Waals surface area contributed by atoms with Gasteiger partial charge in [0.1, 0.15) is 12.4 Å². The number of aliphatic hydroxyl groups is 1. The van der Waals surface area contributed by atoms with Crippen LogP contribution in [0.2, 0.25) is 0 Å². The predicted octanol–water partition coefficient (Wildman–Crippen LogP) is 1.10. The second-order valence-corrected chi connectivity index (χ2v) is 5.19. The molecular weight excluding hydrogens is 274 g/mol. The Morgan fingerprint density at radius 3 is 3.05 bits per heavy atom. The summed E-state index contributed by atoms with van der Waals surface area (Å²) >= 11 is 1.39. The first-order chi connectivity index (χ1) is 9.61. The molecule has 1 N–H and O–H groups in total. The number of aryl methyl sites for hydroxylation is 1. The Kier molecular flexibility index (Phi) is 4.56. The lowest BCUT2D eigenvalue weighted by atomic mass is 10.2. The molecule has 0 aliphatic carbocycles. The summed E-state index contributed by atoms with van der Waals surface area (Å²) in [6.45, 7) is 0.274. The van der Waals surface area contributed by atoms with Crippen molar-refractivity contribution < 1.29 is 9.90 Å². The lowest BCUT2D eigenvalue weighted by Gasteiger charge is -2.15. The summed E-state index contributed by atoms with van der Waals surface area (Å²) in [6.07, 6.45) is 3.56. The lowest BCUT2D eigenvalue weighted by Crippen LogP contribution is -2.27. The normalized spacial score (nSPS) is 9.95. The van der Waals surface area contributed by atoms with E-state index in [1.165, 1.54) is 11.3 Å². The van der Waals surface area contributed by atoms with Gasteiger partial charge in [-0.05, 0) is 6.07 Å². The van der Waals surface area contributed by atoms with E-state index in [1.54, 1.807) is 29.6 Å². The minimum absolute atomic E-state index is 0.0682. The summed E-state index contributed by atoms with van der Waals surface area (Å²) in [5.41, 5.74) is 0.606. The summed E-state index contributed by atoms with van der Waals surface area (Å²) in [5.74, 6) is 6.12. The summed E-state index contributed by atoms with van der Waals surface area (Å²) < 4.78 is 1.88. The molecule has 0 aromatic carbocycles. The number of nitrogens with zero attached hydrogens (tertiary/aromatic N) is 3. The molecule has 104 valence electrons. The molecule has 0 bridgehead atoms. The van der Waals surface area contributed by atoms with E-state index in [0.717, 1.165) is 10.7 Å². The fraction of sp³-hybridized carbons (Fsp3) is 0.286. The smallest absolute Gasteiger partial charge is 0.254 e. The standard InChI is InChI=1S/C14H15N3O2S/c1-16-6-5-15-13(16)9-17(2)14(19)11-8-12(20-10-11)4-3-7-18/h5-6,8,10,18H,7,9H2,1-2H3. The molecule has 5 nitrogen and oxygen atoms in total. The van der Waals surface area contributed by atoms with E-state index < -0.39 is 0 Å². The molecule has 0 fully saturated rings. The maximum atomic E-state index is 12.3. The van der Waals surface area contributed by atoms with E-state index in [-0.39, 0.29) is 12.5 Å². The van der Waals surface area contributed by atoms with Crippen molar-refractivity contribution in [2.24, 2.45) is 7.05 Å². The number of aromatic nitrogens is 2. The number of thiophene rings is 1. The van der Waals surface area contributed by atoms with Gasteiger partial charge in [-0.1, -0.05) is 11.8 Å². The largest absolute Gasteiger partial charge is 0.384 e. The Bertz CT molecular complexity index is 663. The summed E-state index contributed by atoms with van der Waals surface area (Å²) in [7, 11) is 3.64. The third-order valence-electron chi connectivity index (χ3n) is 2.78. The minimum atomic E-state index is -0.180. The molecular formula is C14H15N3O2S. The summed E-state index contributed by atoms with van der Waals surface area (Å²) in [6, 6.07) is 1.74. The van der Waals surface area contributed by atoms with Crippen LogP contribution in [0.25, 0.3) is 0 Å². The highest BCUT2D eigenvalue weighted by atomic mass is 32.1. The van der Waals surface area contributed by atoms with Crippen LogP contribution in [0.5, 0.6) is 0 Å². The zero-order chi connectivity index (χ0) is 14.5. The monoisotopic (exact) mass is 289 g/mol. The fourth-order valence-electron chi connectivity index (χ4n) is 1.69. The van der Waals surface area contributed by atoms with Gasteiger partial charge in [0, 0.05) is 31.9 Å². The average molecular weight is 289 g/mol. The van der Waals surface area contributed by atoms with Crippen LogP contribution >= 0.6 is 11.3 Å². The van der Waals surface area contributed by atoms with Gasteiger partial charge in [0.05, 0.1) is 17.0 Å². The Morgan fingerprint density at radius 2 is 2.40 bits per heavy atom. The number of hydrogen-bond donors (Lipinski definition) is 1. The van der Waals surface area contributed by atoms with Gasteiger partial charge >= 0.3 is 0 Å². The van der Waals surface area contributed by atoms with E-state index in [4.69, 9.17) is 5.11 Å². The average Bonchev–Trinajstić information content (AvgIpc) is 3.05. The van der Waals surface area contributed by atoms with Gasteiger partial charge in [0.25, 0.3) is 5.91 Å². The van der Waals surface area contributed by atoms with E-state index in [9.17, 15) is 4.79 Å². The molecule has 0 aliphatic rings. The van der Waals surface area contributed by atoms with Crippen molar-refractivity contribution in [2.45, 2.75) is 6.54 Å². The van der Waals surface area contributed by atoms with Gasteiger partial charge < -0.3 is 14.6 Å². The van der Waals surface area contributed by atoms with Gasteiger partial charge in [-0.3, -0.25) is 4.79 Å². The number of aliphatic hydroxyl groups excluding tert-OH is 1. The maximum absolute atomic E-state index is 12.3. The maximum Gasteiger partial charge on any atom is 0.254 e. The molecule has 0 aliphatic heterocycles. The van der Waals surface area contributed by atoms with Crippen molar-refractivity contribution in [1.82, 2.24) is 14.5 Å². The highest BCUT2D eigenvalue weighted by Crippen LogP contribution is 2.16. The summed E-state index contributed by atoms with van der Waals surface area (Å²) in [5, 5.41) is 10.4. The van der Waals surface area contributed by atoms with Gasteiger partial charge in [-0.25, -0.2) is 4.98 Å². The fourth-order valence-corrected chi connectivity index (χ4v) is 2.44. The van der Waals surface area contributed by atoms with Crippen molar-refractivity contribution in [1.29, 1.82) is 0 Å². The molecule has 0 unspecified atom stereocenters. The van der Waals surface area contributed by atoms with Crippen molar-refractivity contribution in [3.05, 3.63) is 40.1 Å². The van der Waals surface area contributed by atoms with Crippen LogP contribution in [0, 0.1) is 11.8 Å². The summed E-state index contributed by atoms with van der Waals surface area (Å²) in [4.78, 5) is 18.9. The van der Waals surface area contributed by atoms with Crippen molar-refractivity contribution in [3.63, 3.8) is 0 Å². The van der Waals surface area contributed by atoms with Crippen molar-refractivity contribution in [2.75, 3.05) is 13.7 Å². The molecule has 0 saturated heterocycles. The number of carbonyl (C=O) groups excluding carboxylic acids is 1. The Morgan fingerprint density at radius 1 is 1.60 bits per heavy atom. The third-order valence-corrected chi connectivity index (χ3v) is 3.63. The molecule has 0 radical (unpaired) electrons. The predicted molar refractivity (Wildman–Crippen MR) is 77.3 cm³/mol. The first-order valence-corrected chi connectivity index (χ1v) is 6.89. The van der Waals surface area contributed by atoms with Crippen LogP contribution < -0.4 is 0 Å². The van der Waals surface area contributed by atoms with Gasteiger partial charge in [-0.15, -0.1) is 11.3 Å². The Balaban J connectivity index is 2.07. The lowest BCUT2D eigenvalue weighted by molar-refractivity contribution is 0.0781. The van der Waals surface area contributed by atoms with E-state index in [0.29, 0.717) is 12.1 Å². The molecule has 0 spiro atoms. The first-order valence-electron chi connectivity index (χ1n) is 6.01. The van der Waals surface area contributed by atoms with E-state index in [1.807, 2.05) is 17.8 Å². The zero-order valence-corrected chi connectivity index (χ0v) is 12.1. The molecule has 0 atom stereocenters. The Labute approximate surface area is 121 Å². The molecule has 6 heteroatoms. The minimum Gasteiger partial charge on any atom is -0.384 e. The van der Waals surface area contributed by atoms with Gasteiger partial charge in [-0.2, -0.15) is 0 Å². The number of rotatable bonds is 3. The SMILES string of the molecule is CN(Cc1nccn1C)C(=O)c1csc(C#CCO)c1. The van der Waals surface area contributed by atoms with E-state index >= 15 is 0 Å². The topological polar surface area (TPSA) is 58.4 Å². The van der Waals surface area contributed by atoms with Crippen LogP contribution in [0.15, 0.2) is 23.8 Å². The van der Waals surface area contributed by atoms with Crippen LogP contribution in [0.1, 0.15) is 21.1 Å². The molecule has 0 saturated carbocycles. The van der Waals surface area contributed by atoms with Gasteiger partial charge in [0.2, 0.25) is 0 Å². The van der Waals surface area contributed by atoms with Crippen molar-refractivity contribution in [3.8, 4) is 11.8 Å². The highest BCUT2D eigenvalue weighted by Gasteiger charge is 2.15. The molecule has 1 amide bonds. The third kappa shape index (κ3) is 3.26. The molecule has 20 heavy (non-hydrogen) atoms. The molecule has 2 aromatic rings. The number of carbonyl (C=O) groups is 1. The van der Waals surface area contributed by atoms with Gasteiger partial charge in [0.15, 0.2) is 0 Å². The molecule has 2 heterocycles. The highest BCUT2D eigenvalue weighted by molar-refractivity contribution is 7.10. The zero-order valence-electron chi connectivity index (χ0n) is 11.3. The second kappa shape index (κ2) is 6.37. The molecule has 2 aromatic heterocycles. The number of imidazole rings is 1. The van der Waals surface area contributed by atoms with Crippen LogP contribution in [-0.4, -0.2) is 39.1 Å². The number of amides is 1. The quantitative estimate of drug-likeness (QED) is 0.861. The molecule has 2 rings (SSSR count). The first kappa shape index (κ1) is 14.3. The van der Waals surface area contributed by atoms with Crippen molar-refractivity contribution >= 4 is 17.2 Å². The second-order valence-electron chi connectivity index (χ2n) is 4.28.